The molecule has 0 aromatic heterocycles. The van der Waals surface area contributed by atoms with E-state index in [9.17, 15) is 13.2 Å². The molecular weight excluding hydrogens is 179 g/mol. The van der Waals surface area contributed by atoms with Gasteiger partial charge in [0.1, 0.15) is 6.04 Å². The highest BCUT2D eigenvalue weighted by Crippen LogP contribution is 2.30. The first-order valence-corrected chi connectivity index (χ1v) is 3.80. The zero-order valence-corrected chi connectivity index (χ0v) is 7.10. The van der Waals surface area contributed by atoms with Crippen LogP contribution in [-0.4, -0.2) is 6.18 Å². The number of benzene rings is 1. The van der Waals surface area contributed by atoms with E-state index in [1.54, 1.807) is 12.1 Å². The van der Waals surface area contributed by atoms with Crippen LogP contribution in [0.2, 0.25) is 0 Å². The maximum atomic E-state index is 12.1. The Bertz CT molecular complexity index is 276. The summed E-state index contributed by atoms with van der Waals surface area (Å²) in [6, 6.07) is 4.14. The fourth-order valence-corrected chi connectivity index (χ4v) is 0.963. The normalized spacial score (nSPS) is 14.2. The quantitative estimate of drug-likeness (QED) is 0.721. The van der Waals surface area contributed by atoms with E-state index in [1.807, 2.05) is 6.92 Å². The number of nitrogens with two attached hydrogens (primary N) is 1. The summed E-state index contributed by atoms with van der Waals surface area (Å²) in [5.41, 5.74) is 6.01. The van der Waals surface area contributed by atoms with Crippen LogP contribution in [0.4, 0.5) is 13.2 Å². The van der Waals surface area contributed by atoms with Gasteiger partial charge in [-0.15, -0.1) is 0 Å². The van der Waals surface area contributed by atoms with E-state index in [4.69, 9.17) is 5.73 Å². The summed E-state index contributed by atoms with van der Waals surface area (Å²) < 4.78 is 36.3. The monoisotopic (exact) mass is 189 g/mol. The number of hydrogen-bond acceptors (Lipinski definition) is 1. The molecule has 0 aliphatic carbocycles. The van der Waals surface area contributed by atoms with Crippen LogP contribution in [0.5, 0.6) is 0 Å². The zero-order chi connectivity index (χ0) is 10.1. The fraction of sp³-hybridized carbons (Fsp3) is 0.333. The first-order chi connectivity index (χ1) is 5.91. The van der Waals surface area contributed by atoms with Gasteiger partial charge in [0.2, 0.25) is 0 Å². The summed E-state index contributed by atoms with van der Waals surface area (Å²) in [6.45, 7) is 1.81. The van der Waals surface area contributed by atoms with Crippen LogP contribution >= 0.6 is 0 Å². The van der Waals surface area contributed by atoms with Gasteiger partial charge in [0.25, 0.3) is 0 Å². The van der Waals surface area contributed by atoms with E-state index in [0.717, 1.165) is 5.56 Å². The summed E-state index contributed by atoms with van der Waals surface area (Å²) >= 11 is 0. The number of halogens is 3. The Morgan fingerprint density at radius 3 is 2.00 bits per heavy atom. The first-order valence-electron chi connectivity index (χ1n) is 3.80. The van der Waals surface area contributed by atoms with E-state index in [-0.39, 0.29) is 5.56 Å². The summed E-state index contributed by atoms with van der Waals surface area (Å²) in [4.78, 5) is 0. The standard InChI is InChI=1S/C9H10F3N/c1-6-2-4-7(5-3-6)8(13)9(10,11)12/h2-5,8H,13H2,1H3. The summed E-state index contributed by atoms with van der Waals surface area (Å²) in [7, 11) is 0. The van der Waals surface area contributed by atoms with Crippen molar-refractivity contribution in [3.05, 3.63) is 35.4 Å². The lowest BCUT2D eigenvalue weighted by Crippen LogP contribution is -2.28. The van der Waals surface area contributed by atoms with E-state index in [0.29, 0.717) is 0 Å². The second-order valence-corrected chi connectivity index (χ2v) is 2.93. The predicted octanol–water partition coefficient (Wildman–Crippen LogP) is 2.56. The van der Waals surface area contributed by atoms with Gasteiger partial charge < -0.3 is 5.73 Å². The SMILES string of the molecule is Cc1ccc(C(N)C(F)(F)F)cc1. The van der Waals surface area contributed by atoms with E-state index in [1.165, 1.54) is 12.1 Å². The highest BCUT2D eigenvalue weighted by atomic mass is 19.4. The largest absolute Gasteiger partial charge is 0.407 e. The molecule has 0 spiro atoms. The Balaban J connectivity index is 2.90. The molecule has 0 saturated heterocycles. The molecule has 72 valence electrons. The molecule has 0 bridgehead atoms. The molecule has 0 aliphatic rings. The molecule has 0 radical (unpaired) electrons. The van der Waals surface area contributed by atoms with Crippen molar-refractivity contribution in [3.63, 3.8) is 0 Å². The van der Waals surface area contributed by atoms with Crippen molar-refractivity contribution in [2.45, 2.75) is 19.1 Å². The van der Waals surface area contributed by atoms with Gasteiger partial charge in [0, 0.05) is 0 Å². The number of alkyl halides is 3. The Labute approximate surface area is 74.4 Å². The molecule has 0 fully saturated rings. The van der Waals surface area contributed by atoms with Crippen molar-refractivity contribution in [2.75, 3.05) is 0 Å². The smallest absolute Gasteiger partial charge is 0.316 e. The number of hydrogen-bond donors (Lipinski definition) is 1. The molecule has 0 heterocycles. The third-order valence-electron chi connectivity index (χ3n) is 1.79. The van der Waals surface area contributed by atoms with Gasteiger partial charge >= 0.3 is 6.18 Å². The lowest BCUT2D eigenvalue weighted by atomic mass is 10.1. The van der Waals surface area contributed by atoms with Crippen LogP contribution in [0.1, 0.15) is 17.2 Å². The Morgan fingerprint density at radius 1 is 1.15 bits per heavy atom. The molecule has 1 nitrogen and oxygen atoms in total. The van der Waals surface area contributed by atoms with Gasteiger partial charge in [0.05, 0.1) is 0 Å². The lowest BCUT2D eigenvalue weighted by molar-refractivity contribution is -0.149. The van der Waals surface area contributed by atoms with Crippen molar-refractivity contribution >= 4 is 0 Å². The molecule has 1 rings (SSSR count). The van der Waals surface area contributed by atoms with Crippen LogP contribution < -0.4 is 5.73 Å². The molecule has 1 atom stereocenters. The average Bonchev–Trinajstić information content (AvgIpc) is 2.03. The van der Waals surface area contributed by atoms with Crippen LogP contribution in [0.25, 0.3) is 0 Å². The van der Waals surface area contributed by atoms with E-state index >= 15 is 0 Å². The molecule has 0 aliphatic heterocycles. The first kappa shape index (κ1) is 10.1. The molecule has 1 unspecified atom stereocenters. The number of rotatable bonds is 1. The van der Waals surface area contributed by atoms with E-state index in [2.05, 4.69) is 0 Å². The minimum absolute atomic E-state index is 0.0955. The number of aryl methyl sites for hydroxylation is 1. The molecule has 2 N–H and O–H groups in total. The predicted molar refractivity (Wildman–Crippen MR) is 44.2 cm³/mol. The third-order valence-corrected chi connectivity index (χ3v) is 1.79. The zero-order valence-electron chi connectivity index (χ0n) is 7.10. The molecule has 13 heavy (non-hydrogen) atoms. The second kappa shape index (κ2) is 3.38. The minimum atomic E-state index is -4.37. The van der Waals surface area contributed by atoms with Crippen molar-refractivity contribution in [2.24, 2.45) is 5.73 Å². The average molecular weight is 189 g/mol. The topological polar surface area (TPSA) is 26.0 Å². The van der Waals surface area contributed by atoms with Gasteiger partial charge in [-0.05, 0) is 12.5 Å². The van der Waals surface area contributed by atoms with Crippen molar-refractivity contribution in [1.29, 1.82) is 0 Å². The molecule has 1 aromatic carbocycles. The van der Waals surface area contributed by atoms with Crippen LogP contribution in [0.3, 0.4) is 0 Å². The minimum Gasteiger partial charge on any atom is -0.316 e. The Hall–Kier alpha value is -1.03. The molecule has 0 saturated carbocycles. The maximum Gasteiger partial charge on any atom is 0.407 e. The van der Waals surface area contributed by atoms with Gasteiger partial charge in [-0.3, -0.25) is 0 Å². The maximum absolute atomic E-state index is 12.1. The Morgan fingerprint density at radius 2 is 1.62 bits per heavy atom. The summed E-state index contributed by atoms with van der Waals surface area (Å²) in [5.74, 6) is 0. The summed E-state index contributed by atoms with van der Waals surface area (Å²) in [6.07, 6.45) is -4.37. The van der Waals surface area contributed by atoms with Crippen molar-refractivity contribution < 1.29 is 13.2 Å². The van der Waals surface area contributed by atoms with Gasteiger partial charge in [-0.25, -0.2) is 0 Å². The van der Waals surface area contributed by atoms with Gasteiger partial charge in [-0.2, -0.15) is 13.2 Å². The molecule has 1 aromatic rings. The van der Waals surface area contributed by atoms with Crippen molar-refractivity contribution in [3.8, 4) is 0 Å². The second-order valence-electron chi connectivity index (χ2n) is 2.93. The van der Waals surface area contributed by atoms with Crippen LogP contribution in [-0.2, 0) is 0 Å². The Kier molecular flexibility index (Phi) is 2.61. The van der Waals surface area contributed by atoms with E-state index < -0.39 is 12.2 Å². The highest BCUT2D eigenvalue weighted by molar-refractivity contribution is 5.24. The molecule has 4 heteroatoms. The van der Waals surface area contributed by atoms with Crippen LogP contribution in [0.15, 0.2) is 24.3 Å². The van der Waals surface area contributed by atoms with Crippen LogP contribution in [0, 0.1) is 6.92 Å². The summed E-state index contributed by atoms with van der Waals surface area (Å²) in [5, 5.41) is 0. The lowest BCUT2D eigenvalue weighted by Gasteiger charge is -2.15. The fourth-order valence-electron chi connectivity index (χ4n) is 0.963. The van der Waals surface area contributed by atoms with Gasteiger partial charge in [-0.1, -0.05) is 29.8 Å². The molecular formula is C9H10F3N. The molecule has 0 amide bonds. The highest BCUT2D eigenvalue weighted by Gasteiger charge is 2.37. The van der Waals surface area contributed by atoms with Gasteiger partial charge in [0.15, 0.2) is 0 Å². The van der Waals surface area contributed by atoms with Crippen molar-refractivity contribution in [1.82, 2.24) is 0 Å². The third kappa shape index (κ3) is 2.45.